The molecule has 136 valence electrons. The van der Waals surface area contributed by atoms with Gasteiger partial charge in [0.25, 0.3) is 0 Å². The Balaban J connectivity index is 1.53. The van der Waals surface area contributed by atoms with Gasteiger partial charge in [-0.15, -0.1) is 11.3 Å². The maximum Gasteiger partial charge on any atom is 0.191 e. The van der Waals surface area contributed by atoms with Gasteiger partial charge in [0, 0.05) is 44.6 Å². The first kappa shape index (κ1) is 19.2. The van der Waals surface area contributed by atoms with Gasteiger partial charge in [0.2, 0.25) is 0 Å². The molecule has 5 nitrogen and oxygen atoms in total. The number of hydrogen-bond acceptors (Lipinski definition) is 4. The first-order valence-corrected chi connectivity index (χ1v) is 10.0. The molecule has 0 saturated carbocycles. The molecule has 2 rings (SSSR count). The normalized spacial score (nSPS) is 17.2. The Hall–Kier alpha value is -1.11. The summed E-state index contributed by atoms with van der Waals surface area (Å²) in [6, 6.07) is 2.16. The summed E-state index contributed by atoms with van der Waals surface area (Å²) in [4.78, 5) is 10.8. The molecule has 1 saturated heterocycles. The van der Waals surface area contributed by atoms with Gasteiger partial charge >= 0.3 is 0 Å². The van der Waals surface area contributed by atoms with Crippen LogP contribution in [0.2, 0.25) is 0 Å². The van der Waals surface area contributed by atoms with Gasteiger partial charge in [-0.1, -0.05) is 6.92 Å². The van der Waals surface area contributed by atoms with Crippen molar-refractivity contribution in [1.82, 2.24) is 20.4 Å². The zero-order chi connectivity index (χ0) is 17.2. The van der Waals surface area contributed by atoms with Crippen molar-refractivity contribution >= 4 is 17.3 Å². The number of aliphatic imine (C=N–C) groups is 1. The minimum absolute atomic E-state index is 0.852. The molecule has 0 aliphatic carbocycles. The number of nitrogens with one attached hydrogen (secondary N) is 2. The van der Waals surface area contributed by atoms with E-state index in [2.05, 4.69) is 50.7 Å². The van der Waals surface area contributed by atoms with E-state index >= 15 is 0 Å². The van der Waals surface area contributed by atoms with Crippen LogP contribution in [0.4, 0.5) is 0 Å². The number of hydrogen-bond donors (Lipinski definition) is 2. The second-order valence-electron chi connectivity index (χ2n) is 6.36. The molecule has 0 unspecified atom stereocenters. The van der Waals surface area contributed by atoms with Crippen LogP contribution in [0.3, 0.4) is 0 Å². The van der Waals surface area contributed by atoms with E-state index in [1.807, 2.05) is 7.05 Å². The summed E-state index contributed by atoms with van der Waals surface area (Å²) in [5.41, 5.74) is 1.35. The molecule has 2 N–H and O–H groups in total. The zero-order valence-corrected chi connectivity index (χ0v) is 16.3. The van der Waals surface area contributed by atoms with Gasteiger partial charge in [0.1, 0.15) is 0 Å². The minimum atomic E-state index is 0.852. The number of unbranched alkanes of at least 4 members (excludes halogenated alkanes) is 1. The van der Waals surface area contributed by atoms with E-state index in [0.29, 0.717) is 0 Å². The highest BCUT2D eigenvalue weighted by Gasteiger charge is 2.14. The van der Waals surface area contributed by atoms with Gasteiger partial charge < -0.3 is 20.4 Å². The van der Waals surface area contributed by atoms with Crippen LogP contribution in [0.15, 0.2) is 16.4 Å². The number of thiophene rings is 1. The molecule has 1 aliphatic rings. The van der Waals surface area contributed by atoms with Crippen LogP contribution in [0.1, 0.15) is 30.2 Å². The van der Waals surface area contributed by atoms with Gasteiger partial charge in [-0.25, -0.2) is 0 Å². The molecular formula is C18H33N5S. The van der Waals surface area contributed by atoms with Crippen molar-refractivity contribution in [3.63, 3.8) is 0 Å². The van der Waals surface area contributed by atoms with Gasteiger partial charge in [-0.2, -0.15) is 0 Å². The number of guanidine groups is 1. The average Bonchev–Trinajstić information content (AvgIpc) is 3.03. The van der Waals surface area contributed by atoms with E-state index in [1.54, 1.807) is 11.3 Å². The molecule has 0 radical (unpaired) electrons. The van der Waals surface area contributed by atoms with E-state index in [9.17, 15) is 0 Å². The van der Waals surface area contributed by atoms with Crippen LogP contribution in [-0.4, -0.2) is 68.6 Å². The van der Waals surface area contributed by atoms with Crippen molar-refractivity contribution in [1.29, 1.82) is 0 Å². The van der Waals surface area contributed by atoms with Crippen molar-refractivity contribution in [3.8, 4) is 0 Å². The van der Waals surface area contributed by atoms with Crippen LogP contribution in [-0.2, 0) is 6.54 Å². The Morgan fingerprint density at radius 1 is 1.17 bits per heavy atom. The predicted octanol–water partition coefficient (Wildman–Crippen LogP) is 2.14. The second-order valence-corrected chi connectivity index (χ2v) is 7.36. The van der Waals surface area contributed by atoms with Crippen LogP contribution < -0.4 is 10.6 Å². The summed E-state index contributed by atoms with van der Waals surface area (Å²) in [5.74, 6) is 0.902. The van der Waals surface area contributed by atoms with E-state index in [4.69, 9.17) is 0 Å². The average molecular weight is 352 g/mol. The standard InChI is InChI=1S/C18H33N5S/c1-4-22-10-12-23(13-11-22)9-6-5-8-20-18(19-3)21-15-17-16(2)7-14-24-17/h7,14H,4-6,8-13,15H2,1-3H3,(H2,19,20,21). The van der Waals surface area contributed by atoms with E-state index in [1.165, 1.54) is 62.6 Å². The van der Waals surface area contributed by atoms with Crippen LogP contribution in [0.5, 0.6) is 0 Å². The summed E-state index contributed by atoms with van der Waals surface area (Å²) >= 11 is 1.80. The molecule has 6 heteroatoms. The summed E-state index contributed by atoms with van der Waals surface area (Å²) < 4.78 is 0. The Morgan fingerprint density at radius 3 is 2.54 bits per heavy atom. The third-order valence-electron chi connectivity index (χ3n) is 4.71. The Morgan fingerprint density at radius 2 is 1.92 bits per heavy atom. The fourth-order valence-corrected chi connectivity index (χ4v) is 3.81. The number of aryl methyl sites for hydroxylation is 1. The lowest BCUT2D eigenvalue weighted by molar-refractivity contribution is 0.136. The van der Waals surface area contributed by atoms with Gasteiger partial charge in [0.15, 0.2) is 5.96 Å². The van der Waals surface area contributed by atoms with Gasteiger partial charge in [0.05, 0.1) is 6.54 Å². The van der Waals surface area contributed by atoms with Crippen molar-refractivity contribution in [2.75, 3.05) is 52.9 Å². The summed E-state index contributed by atoms with van der Waals surface area (Å²) in [6.45, 7) is 13.6. The summed E-state index contributed by atoms with van der Waals surface area (Å²) in [5, 5.41) is 8.96. The Bertz CT molecular complexity index is 491. The summed E-state index contributed by atoms with van der Waals surface area (Å²) in [6.07, 6.45) is 2.44. The first-order chi connectivity index (χ1) is 11.7. The maximum atomic E-state index is 4.31. The minimum Gasteiger partial charge on any atom is -0.356 e. The number of likely N-dealkylation sites (N-methyl/N-ethyl adjacent to an activating group) is 1. The number of piperazine rings is 1. The van der Waals surface area contributed by atoms with Crippen LogP contribution in [0.25, 0.3) is 0 Å². The lowest BCUT2D eigenvalue weighted by atomic mass is 10.2. The smallest absolute Gasteiger partial charge is 0.191 e. The van der Waals surface area contributed by atoms with Crippen LogP contribution in [0, 0.1) is 6.92 Å². The lowest BCUT2D eigenvalue weighted by Crippen LogP contribution is -2.46. The number of rotatable bonds is 8. The third-order valence-corrected chi connectivity index (χ3v) is 5.74. The second kappa shape index (κ2) is 10.7. The Kier molecular flexibility index (Phi) is 8.56. The quantitative estimate of drug-likeness (QED) is 0.428. The predicted molar refractivity (Wildman–Crippen MR) is 105 cm³/mol. The third kappa shape index (κ3) is 6.42. The monoisotopic (exact) mass is 351 g/mol. The van der Waals surface area contributed by atoms with E-state index in [0.717, 1.165) is 19.0 Å². The van der Waals surface area contributed by atoms with Crippen molar-refractivity contribution in [2.24, 2.45) is 4.99 Å². The molecule has 1 aliphatic heterocycles. The van der Waals surface area contributed by atoms with Gasteiger partial charge in [-0.3, -0.25) is 4.99 Å². The van der Waals surface area contributed by atoms with Gasteiger partial charge in [-0.05, 0) is 49.9 Å². The highest BCUT2D eigenvalue weighted by atomic mass is 32.1. The molecule has 0 atom stereocenters. The fourth-order valence-electron chi connectivity index (χ4n) is 2.97. The molecule has 1 fully saturated rings. The summed E-state index contributed by atoms with van der Waals surface area (Å²) in [7, 11) is 1.84. The van der Waals surface area contributed by atoms with E-state index in [-0.39, 0.29) is 0 Å². The molecule has 0 bridgehead atoms. The molecule has 0 amide bonds. The molecule has 2 heterocycles. The first-order valence-electron chi connectivity index (χ1n) is 9.15. The molecule has 0 spiro atoms. The Labute approximate surface area is 151 Å². The molecule has 1 aromatic rings. The molecule has 1 aromatic heterocycles. The molecular weight excluding hydrogens is 318 g/mol. The van der Waals surface area contributed by atoms with Crippen molar-refractivity contribution in [2.45, 2.75) is 33.2 Å². The topological polar surface area (TPSA) is 42.9 Å². The molecule has 0 aromatic carbocycles. The molecule has 24 heavy (non-hydrogen) atoms. The van der Waals surface area contributed by atoms with E-state index < -0.39 is 0 Å². The van der Waals surface area contributed by atoms with Crippen LogP contribution >= 0.6 is 11.3 Å². The SMILES string of the molecule is CCN1CCN(CCCCNC(=NC)NCc2sccc2C)CC1. The van der Waals surface area contributed by atoms with Crippen molar-refractivity contribution < 1.29 is 0 Å². The largest absolute Gasteiger partial charge is 0.356 e. The lowest BCUT2D eigenvalue weighted by Gasteiger charge is -2.34. The highest BCUT2D eigenvalue weighted by molar-refractivity contribution is 7.10. The van der Waals surface area contributed by atoms with Crippen molar-refractivity contribution in [3.05, 3.63) is 21.9 Å². The fraction of sp³-hybridized carbons (Fsp3) is 0.722. The maximum absolute atomic E-state index is 4.31. The number of nitrogens with zero attached hydrogens (tertiary/aromatic N) is 3. The highest BCUT2D eigenvalue weighted by Crippen LogP contribution is 2.14. The zero-order valence-electron chi connectivity index (χ0n) is 15.5.